The van der Waals surface area contributed by atoms with E-state index in [2.05, 4.69) is 32.5 Å². The van der Waals surface area contributed by atoms with E-state index < -0.39 is 6.36 Å². The second-order valence-corrected chi connectivity index (χ2v) is 6.72. The van der Waals surface area contributed by atoms with Crippen LogP contribution in [0.1, 0.15) is 26.2 Å². The number of rotatable bonds is 6. The third kappa shape index (κ3) is 6.59. The molecular weight excluding hydrogens is 375 g/mol. The minimum absolute atomic E-state index is 0.277. The van der Waals surface area contributed by atoms with E-state index >= 15 is 0 Å². The monoisotopic (exact) mass is 395 g/mol. The zero-order valence-corrected chi connectivity index (χ0v) is 14.6. The number of piperidine rings is 1. The number of alkyl halides is 3. The highest BCUT2D eigenvalue weighted by atomic mass is 79.9. The van der Waals surface area contributed by atoms with Gasteiger partial charge in [-0.15, -0.1) is 13.2 Å². The summed E-state index contributed by atoms with van der Waals surface area (Å²) in [7, 11) is 0. The standard InChI is InChI=1S/C16H21BrF3NO2/c1-12-5-8-21(9-6-12)7-2-10-22-15-11-13(3-4-14(15)17)23-16(18,19)20/h3-4,11-12H,2,5-10H2,1H3. The Morgan fingerprint density at radius 1 is 1.26 bits per heavy atom. The van der Waals surface area contributed by atoms with Gasteiger partial charge in [-0.1, -0.05) is 6.92 Å². The van der Waals surface area contributed by atoms with Crippen molar-refractivity contribution in [1.29, 1.82) is 0 Å². The third-order valence-electron chi connectivity index (χ3n) is 3.89. The minimum atomic E-state index is -4.70. The Kier molecular flexibility index (Phi) is 6.59. The average molecular weight is 396 g/mol. The summed E-state index contributed by atoms with van der Waals surface area (Å²) in [6.07, 6.45) is -1.41. The summed E-state index contributed by atoms with van der Waals surface area (Å²) < 4.78 is 46.8. The highest BCUT2D eigenvalue weighted by molar-refractivity contribution is 9.10. The molecule has 1 heterocycles. The van der Waals surface area contributed by atoms with Crippen molar-refractivity contribution in [3.63, 3.8) is 0 Å². The predicted molar refractivity (Wildman–Crippen MR) is 85.8 cm³/mol. The molecular formula is C16H21BrF3NO2. The molecule has 0 bridgehead atoms. The van der Waals surface area contributed by atoms with Crippen LogP contribution < -0.4 is 9.47 Å². The molecule has 1 aromatic carbocycles. The van der Waals surface area contributed by atoms with Crippen LogP contribution in [-0.4, -0.2) is 37.5 Å². The zero-order valence-electron chi connectivity index (χ0n) is 13.0. The molecule has 0 amide bonds. The van der Waals surface area contributed by atoms with Crippen molar-refractivity contribution in [2.45, 2.75) is 32.5 Å². The number of ether oxygens (including phenoxy) is 2. The summed E-state index contributed by atoms with van der Waals surface area (Å²) in [6, 6.07) is 3.99. The second kappa shape index (κ2) is 8.24. The molecule has 0 N–H and O–H groups in total. The fourth-order valence-electron chi connectivity index (χ4n) is 2.55. The zero-order chi connectivity index (χ0) is 16.9. The van der Waals surface area contributed by atoms with Crippen molar-refractivity contribution < 1.29 is 22.6 Å². The van der Waals surface area contributed by atoms with Crippen LogP contribution in [0.5, 0.6) is 11.5 Å². The van der Waals surface area contributed by atoms with Gasteiger partial charge in [-0.2, -0.15) is 0 Å². The van der Waals surface area contributed by atoms with E-state index in [9.17, 15) is 13.2 Å². The van der Waals surface area contributed by atoms with Crippen LogP contribution in [0.25, 0.3) is 0 Å². The number of halogens is 4. The average Bonchev–Trinajstić information content (AvgIpc) is 2.47. The molecule has 1 aliphatic heterocycles. The Morgan fingerprint density at radius 2 is 1.96 bits per heavy atom. The molecule has 0 atom stereocenters. The molecule has 0 radical (unpaired) electrons. The normalized spacial score (nSPS) is 17.3. The lowest BCUT2D eigenvalue weighted by atomic mass is 9.99. The van der Waals surface area contributed by atoms with E-state index in [1.807, 2.05) is 0 Å². The predicted octanol–water partition coefficient (Wildman–Crippen LogP) is 4.85. The largest absolute Gasteiger partial charge is 0.573 e. The van der Waals surface area contributed by atoms with E-state index in [1.165, 1.54) is 31.0 Å². The summed E-state index contributed by atoms with van der Waals surface area (Å²) >= 11 is 3.27. The SMILES string of the molecule is CC1CCN(CCCOc2cc(OC(F)(F)F)ccc2Br)CC1. The Hall–Kier alpha value is -0.950. The first-order valence-electron chi connectivity index (χ1n) is 7.74. The van der Waals surface area contributed by atoms with E-state index in [0.29, 0.717) is 16.8 Å². The first-order valence-corrected chi connectivity index (χ1v) is 8.53. The quantitative estimate of drug-likeness (QED) is 0.642. The van der Waals surface area contributed by atoms with Crippen molar-refractivity contribution in [3.05, 3.63) is 22.7 Å². The lowest BCUT2D eigenvalue weighted by molar-refractivity contribution is -0.274. The van der Waals surface area contributed by atoms with Gasteiger partial charge in [0.2, 0.25) is 0 Å². The van der Waals surface area contributed by atoms with Crippen molar-refractivity contribution in [2.24, 2.45) is 5.92 Å². The van der Waals surface area contributed by atoms with Gasteiger partial charge < -0.3 is 14.4 Å². The molecule has 0 aliphatic carbocycles. The molecule has 1 aliphatic rings. The van der Waals surface area contributed by atoms with E-state index in [1.54, 1.807) is 0 Å². The fourth-order valence-corrected chi connectivity index (χ4v) is 2.91. The van der Waals surface area contributed by atoms with Gasteiger partial charge >= 0.3 is 6.36 Å². The van der Waals surface area contributed by atoms with Gasteiger partial charge in [0, 0.05) is 12.6 Å². The van der Waals surface area contributed by atoms with E-state index in [4.69, 9.17) is 4.74 Å². The Morgan fingerprint density at radius 3 is 2.61 bits per heavy atom. The maximum Gasteiger partial charge on any atom is 0.573 e. The Balaban J connectivity index is 1.77. The number of benzene rings is 1. The second-order valence-electron chi connectivity index (χ2n) is 5.87. The van der Waals surface area contributed by atoms with Gasteiger partial charge in [-0.05, 0) is 66.3 Å². The van der Waals surface area contributed by atoms with Crippen LogP contribution in [0.2, 0.25) is 0 Å². The van der Waals surface area contributed by atoms with Gasteiger partial charge in [-0.3, -0.25) is 0 Å². The molecule has 1 aromatic rings. The molecule has 130 valence electrons. The molecule has 0 saturated carbocycles. The fraction of sp³-hybridized carbons (Fsp3) is 0.625. The maximum atomic E-state index is 12.2. The number of hydrogen-bond donors (Lipinski definition) is 0. The van der Waals surface area contributed by atoms with Gasteiger partial charge in [-0.25, -0.2) is 0 Å². The van der Waals surface area contributed by atoms with Crippen LogP contribution in [0.4, 0.5) is 13.2 Å². The van der Waals surface area contributed by atoms with Crippen LogP contribution in [0.3, 0.4) is 0 Å². The number of likely N-dealkylation sites (tertiary alicyclic amines) is 1. The molecule has 0 unspecified atom stereocenters. The van der Waals surface area contributed by atoms with Crippen LogP contribution in [0, 0.1) is 5.92 Å². The smallest absolute Gasteiger partial charge is 0.492 e. The maximum absolute atomic E-state index is 12.2. The molecule has 7 heteroatoms. The van der Waals surface area contributed by atoms with Crippen LogP contribution >= 0.6 is 15.9 Å². The van der Waals surface area contributed by atoms with E-state index in [-0.39, 0.29) is 5.75 Å². The molecule has 3 nitrogen and oxygen atoms in total. The van der Waals surface area contributed by atoms with Gasteiger partial charge in [0.15, 0.2) is 0 Å². The Bertz CT molecular complexity index is 503. The summed E-state index contributed by atoms with van der Waals surface area (Å²) in [4.78, 5) is 2.40. The van der Waals surface area contributed by atoms with Gasteiger partial charge in [0.1, 0.15) is 11.5 Å². The van der Waals surface area contributed by atoms with Gasteiger partial charge in [0.25, 0.3) is 0 Å². The molecule has 2 rings (SSSR count). The van der Waals surface area contributed by atoms with Crippen molar-refractivity contribution in [3.8, 4) is 11.5 Å². The molecule has 1 fully saturated rings. The van der Waals surface area contributed by atoms with Crippen molar-refractivity contribution in [2.75, 3.05) is 26.2 Å². The first-order chi connectivity index (χ1) is 10.8. The van der Waals surface area contributed by atoms with Crippen LogP contribution in [0.15, 0.2) is 22.7 Å². The summed E-state index contributed by atoms with van der Waals surface area (Å²) in [6.45, 7) is 5.90. The molecule has 23 heavy (non-hydrogen) atoms. The number of hydrogen-bond acceptors (Lipinski definition) is 3. The highest BCUT2D eigenvalue weighted by Crippen LogP contribution is 2.32. The highest BCUT2D eigenvalue weighted by Gasteiger charge is 2.31. The lowest BCUT2D eigenvalue weighted by Gasteiger charge is -2.30. The minimum Gasteiger partial charge on any atom is -0.492 e. The summed E-state index contributed by atoms with van der Waals surface area (Å²) in [5.74, 6) is 0.884. The van der Waals surface area contributed by atoms with Gasteiger partial charge in [0.05, 0.1) is 11.1 Å². The lowest BCUT2D eigenvalue weighted by Crippen LogP contribution is -2.34. The first kappa shape index (κ1) is 18.4. The summed E-state index contributed by atoms with van der Waals surface area (Å²) in [5, 5.41) is 0. The molecule has 1 saturated heterocycles. The third-order valence-corrected chi connectivity index (χ3v) is 4.54. The molecule has 0 aromatic heterocycles. The van der Waals surface area contributed by atoms with Crippen molar-refractivity contribution >= 4 is 15.9 Å². The van der Waals surface area contributed by atoms with Crippen LogP contribution in [-0.2, 0) is 0 Å². The van der Waals surface area contributed by atoms with Crippen molar-refractivity contribution in [1.82, 2.24) is 4.90 Å². The van der Waals surface area contributed by atoms with E-state index in [0.717, 1.165) is 32.0 Å². The Labute approximate surface area is 142 Å². The molecule has 0 spiro atoms. The number of nitrogens with zero attached hydrogens (tertiary/aromatic N) is 1. The summed E-state index contributed by atoms with van der Waals surface area (Å²) in [5.41, 5.74) is 0. The topological polar surface area (TPSA) is 21.7 Å².